The number of hydrogen-bond donors (Lipinski definition) is 1. The van der Waals surface area contributed by atoms with Crippen molar-refractivity contribution < 1.29 is 9.53 Å². The zero-order valence-electron chi connectivity index (χ0n) is 12.9. The Hall–Kier alpha value is -1.77. The zero-order chi connectivity index (χ0) is 15.0. The molecule has 2 aliphatic carbocycles. The van der Waals surface area contributed by atoms with E-state index < -0.39 is 0 Å². The molecule has 112 valence electrons. The largest absolute Gasteiger partial charge is 0.449 e. The number of allylic oxidation sites excluding steroid dienone is 1. The second-order valence-electron chi connectivity index (χ2n) is 6.89. The maximum atomic E-state index is 11.8. The number of anilines is 1. The van der Waals surface area contributed by atoms with Crippen LogP contribution in [0, 0.1) is 23.2 Å². The van der Waals surface area contributed by atoms with Crippen LogP contribution in [0.25, 0.3) is 0 Å². The molecule has 0 heterocycles. The lowest BCUT2D eigenvalue weighted by molar-refractivity contribution is 0.142. The van der Waals surface area contributed by atoms with Crippen LogP contribution in [0.2, 0.25) is 0 Å². The number of carbonyl (C=O) groups excluding carboxylic acids is 1. The van der Waals surface area contributed by atoms with E-state index >= 15 is 0 Å². The molecule has 1 aromatic rings. The third-order valence-electron chi connectivity index (χ3n) is 5.20. The lowest BCUT2D eigenvalue weighted by Gasteiger charge is -2.21. The van der Waals surface area contributed by atoms with Crippen molar-refractivity contribution in [3.05, 3.63) is 42.0 Å². The van der Waals surface area contributed by atoms with E-state index in [1.54, 1.807) is 0 Å². The van der Waals surface area contributed by atoms with Gasteiger partial charge in [0.1, 0.15) is 0 Å². The molecule has 1 fully saturated rings. The van der Waals surface area contributed by atoms with E-state index in [-0.39, 0.29) is 6.09 Å². The molecule has 3 rings (SSSR count). The fraction of sp³-hybridized carbons (Fsp3) is 0.500. The van der Waals surface area contributed by atoms with Gasteiger partial charge in [-0.25, -0.2) is 4.79 Å². The molecule has 21 heavy (non-hydrogen) atoms. The van der Waals surface area contributed by atoms with Gasteiger partial charge in [-0.1, -0.05) is 43.7 Å². The minimum atomic E-state index is -0.369. The first kappa shape index (κ1) is 14.2. The second-order valence-corrected chi connectivity index (χ2v) is 6.89. The SMILES string of the molecule is CC1=CC2C(CC1COC(=O)Nc1ccccc1)C2(C)C. The van der Waals surface area contributed by atoms with E-state index in [9.17, 15) is 4.79 Å². The maximum absolute atomic E-state index is 11.8. The molecule has 1 amide bonds. The number of rotatable bonds is 3. The van der Waals surface area contributed by atoms with Crippen molar-refractivity contribution >= 4 is 11.8 Å². The number of benzene rings is 1. The van der Waals surface area contributed by atoms with Gasteiger partial charge in [-0.05, 0) is 42.7 Å². The van der Waals surface area contributed by atoms with Gasteiger partial charge in [-0.15, -0.1) is 0 Å². The van der Waals surface area contributed by atoms with Crippen molar-refractivity contribution in [2.75, 3.05) is 11.9 Å². The standard InChI is InChI=1S/C18H23NO2/c1-12-9-15-16(18(15,2)3)10-13(12)11-21-17(20)19-14-7-5-4-6-8-14/h4-9,13,15-16H,10-11H2,1-3H3,(H,19,20). The number of amides is 1. The van der Waals surface area contributed by atoms with Gasteiger partial charge in [0.25, 0.3) is 0 Å². The normalized spacial score (nSPS) is 29.1. The average molecular weight is 285 g/mol. The minimum absolute atomic E-state index is 0.369. The third-order valence-corrected chi connectivity index (χ3v) is 5.20. The number of hydrogen-bond acceptors (Lipinski definition) is 2. The number of para-hydroxylation sites is 1. The highest BCUT2D eigenvalue weighted by atomic mass is 16.5. The van der Waals surface area contributed by atoms with E-state index in [0.29, 0.717) is 17.9 Å². The molecule has 3 nitrogen and oxygen atoms in total. The summed E-state index contributed by atoms with van der Waals surface area (Å²) >= 11 is 0. The highest BCUT2D eigenvalue weighted by molar-refractivity contribution is 5.84. The van der Waals surface area contributed by atoms with Crippen molar-refractivity contribution in [2.45, 2.75) is 27.2 Å². The first-order chi connectivity index (χ1) is 9.98. The van der Waals surface area contributed by atoms with E-state index in [4.69, 9.17) is 4.74 Å². The summed E-state index contributed by atoms with van der Waals surface area (Å²) in [5.74, 6) is 1.86. The Bertz CT molecular complexity index is 562. The Morgan fingerprint density at radius 1 is 1.33 bits per heavy atom. The summed E-state index contributed by atoms with van der Waals surface area (Å²) in [6.45, 7) is 7.29. The molecule has 0 spiro atoms. The van der Waals surface area contributed by atoms with Crippen LogP contribution >= 0.6 is 0 Å². The smallest absolute Gasteiger partial charge is 0.411 e. The summed E-state index contributed by atoms with van der Waals surface area (Å²) in [4.78, 5) is 11.8. The molecular weight excluding hydrogens is 262 g/mol. The van der Waals surface area contributed by atoms with Crippen LogP contribution in [-0.2, 0) is 4.74 Å². The summed E-state index contributed by atoms with van der Waals surface area (Å²) in [6, 6.07) is 9.40. The lowest BCUT2D eigenvalue weighted by atomic mass is 9.89. The minimum Gasteiger partial charge on any atom is -0.449 e. The summed E-state index contributed by atoms with van der Waals surface area (Å²) in [5.41, 5.74) is 2.57. The van der Waals surface area contributed by atoms with Crippen LogP contribution < -0.4 is 5.32 Å². The van der Waals surface area contributed by atoms with E-state index in [1.807, 2.05) is 30.3 Å². The predicted octanol–water partition coefficient (Wildman–Crippen LogP) is 4.47. The Kier molecular flexibility index (Phi) is 3.52. The van der Waals surface area contributed by atoms with Crippen LogP contribution in [0.1, 0.15) is 27.2 Å². The first-order valence-electron chi connectivity index (χ1n) is 7.65. The Labute approximate surface area is 126 Å². The van der Waals surface area contributed by atoms with E-state index in [0.717, 1.165) is 23.9 Å². The molecule has 0 saturated heterocycles. The molecule has 1 saturated carbocycles. The van der Waals surface area contributed by atoms with Crippen LogP contribution in [0.3, 0.4) is 0 Å². The third kappa shape index (κ3) is 2.82. The van der Waals surface area contributed by atoms with Crippen molar-refractivity contribution in [1.82, 2.24) is 0 Å². The molecule has 0 radical (unpaired) electrons. The van der Waals surface area contributed by atoms with Crippen LogP contribution in [0.4, 0.5) is 10.5 Å². The fourth-order valence-electron chi connectivity index (χ4n) is 3.53. The summed E-state index contributed by atoms with van der Waals surface area (Å²) in [7, 11) is 0. The van der Waals surface area contributed by atoms with E-state index in [1.165, 1.54) is 5.57 Å². The van der Waals surface area contributed by atoms with E-state index in [2.05, 4.69) is 32.2 Å². The lowest BCUT2D eigenvalue weighted by Crippen LogP contribution is -2.21. The van der Waals surface area contributed by atoms with Crippen molar-refractivity contribution in [3.63, 3.8) is 0 Å². The number of fused-ring (bicyclic) bond motifs is 1. The molecule has 3 atom stereocenters. The van der Waals surface area contributed by atoms with Gasteiger partial charge in [-0.3, -0.25) is 5.32 Å². The molecule has 0 aliphatic heterocycles. The molecule has 3 heteroatoms. The number of ether oxygens (including phenoxy) is 1. The van der Waals surface area contributed by atoms with Gasteiger partial charge in [0.05, 0.1) is 6.61 Å². The van der Waals surface area contributed by atoms with Gasteiger partial charge in [0.15, 0.2) is 0 Å². The highest BCUT2D eigenvalue weighted by Crippen LogP contribution is 2.64. The maximum Gasteiger partial charge on any atom is 0.411 e. The molecule has 1 N–H and O–H groups in total. The molecule has 0 aromatic heterocycles. The van der Waals surface area contributed by atoms with Gasteiger partial charge in [0, 0.05) is 11.6 Å². The summed E-state index contributed by atoms with van der Waals surface area (Å²) < 4.78 is 5.40. The Morgan fingerprint density at radius 2 is 2.05 bits per heavy atom. The molecule has 0 bridgehead atoms. The molecule has 1 aromatic carbocycles. The van der Waals surface area contributed by atoms with Crippen LogP contribution in [0.15, 0.2) is 42.0 Å². The number of carbonyl (C=O) groups is 1. The van der Waals surface area contributed by atoms with Crippen LogP contribution in [0.5, 0.6) is 0 Å². The van der Waals surface area contributed by atoms with Crippen LogP contribution in [-0.4, -0.2) is 12.7 Å². The molecule has 3 unspecified atom stereocenters. The fourth-order valence-corrected chi connectivity index (χ4v) is 3.53. The topological polar surface area (TPSA) is 38.3 Å². The predicted molar refractivity (Wildman–Crippen MR) is 84.0 cm³/mol. The quantitative estimate of drug-likeness (QED) is 0.832. The molecular formula is C18H23NO2. The van der Waals surface area contributed by atoms with Crippen molar-refractivity contribution in [2.24, 2.45) is 23.2 Å². The van der Waals surface area contributed by atoms with Gasteiger partial charge in [0.2, 0.25) is 0 Å². The van der Waals surface area contributed by atoms with Crippen molar-refractivity contribution in [3.8, 4) is 0 Å². The Balaban J connectivity index is 1.51. The Morgan fingerprint density at radius 3 is 2.76 bits per heavy atom. The summed E-state index contributed by atoms with van der Waals surface area (Å²) in [6.07, 6.45) is 3.15. The molecule has 2 aliphatic rings. The number of nitrogens with one attached hydrogen (secondary N) is 1. The first-order valence-corrected chi connectivity index (χ1v) is 7.65. The second kappa shape index (κ2) is 5.21. The van der Waals surface area contributed by atoms with Gasteiger partial charge >= 0.3 is 6.09 Å². The van der Waals surface area contributed by atoms with Gasteiger partial charge < -0.3 is 4.74 Å². The average Bonchev–Trinajstić information content (AvgIpc) is 2.98. The van der Waals surface area contributed by atoms with Gasteiger partial charge in [-0.2, -0.15) is 0 Å². The zero-order valence-corrected chi connectivity index (χ0v) is 12.9. The highest BCUT2D eigenvalue weighted by Gasteiger charge is 2.58. The summed E-state index contributed by atoms with van der Waals surface area (Å²) in [5, 5.41) is 2.75. The van der Waals surface area contributed by atoms with Crippen molar-refractivity contribution in [1.29, 1.82) is 0 Å². The monoisotopic (exact) mass is 285 g/mol.